The molecule has 2 heteroatoms. The maximum Gasteiger partial charge on any atom is 0.330 e. The third-order valence-electron chi connectivity index (χ3n) is 1.95. The van der Waals surface area contributed by atoms with E-state index in [1.165, 1.54) is 18.9 Å². The van der Waals surface area contributed by atoms with Gasteiger partial charge in [0.25, 0.3) is 0 Å². The van der Waals surface area contributed by atoms with E-state index in [1.54, 1.807) is 6.08 Å². The van der Waals surface area contributed by atoms with Gasteiger partial charge < -0.3 is 4.74 Å². The molecule has 0 heterocycles. The van der Waals surface area contributed by atoms with E-state index in [2.05, 4.69) is 19.9 Å². The summed E-state index contributed by atoms with van der Waals surface area (Å²) in [5.74, 6) is -0.247. The van der Waals surface area contributed by atoms with E-state index >= 15 is 0 Å². The number of hydrogen-bond donors (Lipinski definition) is 0. The van der Waals surface area contributed by atoms with E-state index in [0.29, 0.717) is 6.61 Å². The number of unbranched alkanes of at least 4 members (excludes halogenated alkanes) is 3. The number of hydrogen-bond acceptors (Lipinski definition) is 2. The summed E-state index contributed by atoms with van der Waals surface area (Å²) in [6.45, 7) is 4.76. The van der Waals surface area contributed by atoms with Crippen LogP contribution in [0.3, 0.4) is 0 Å². The first kappa shape index (κ1) is 13.9. The second-order valence-corrected chi connectivity index (χ2v) is 3.45. The van der Waals surface area contributed by atoms with Gasteiger partial charge in [-0.3, -0.25) is 0 Å². The highest BCUT2D eigenvalue weighted by atomic mass is 16.5. The van der Waals surface area contributed by atoms with Gasteiger partial charge in [-0.25, -0.2) is 4.79 Å². The van der Waals surface area contributed by atoms with Gasteiger partial charge in [-0.05, 0) is 12.8 Å². The van der Waals surface area contributed by atoms with Crippen LogP contribution in [0.1, 0.15) is 46.0 Å². The smallest absolute Gasteiger partial charge is 0.330 e. The molecule has 0 aliphatic rings. The van der Waals surface area contributed by atoms with Crippen LogP contribution in [0.15, 0.2) is 24.3 Å². The van der Waals surface area contributed by atoms with Crippen molar-refractivity contribution in [3.63, 3.8) is 0 Å². The second-order valence-electron chi connectivity index (χ2n) is 3.45. The summed E-state index contributed by atoms with van der Waals surface area (Å²) in [5, 5.41) is 0. The first-order valence-electron chi connectivity index (χ1n) is 5.81. The van der Waals surface area contributed by atoms with E-state index in [9.17, 15) is 4.79 Å². The van der Waals surface area contributed by atoms with Crippen molar-refractivity contribution in [3.05, 3.63) is 24.3 Å². The van der Waals surface area contributed by atoms with Crippen LogP contribution in [-0.2, 0) is 9.53 Å². The lowest BCUT2D eigenvalue weighted by atomic mass is 10.2. The highest BCUT2D eigenvalue weighted by Crippen LogP contribution is 1.95. The van der Waals surface area contributed by atoms with E-state index < -0.39 is 0 Å². The first-order valence-corrected chi connectivity index (χ1v) is 5.81. The third-order valence-corrected chi connectivity index (χ3v) is 1.95. The van der Waals surface area contributed by atoms with Gasteiger partial charge >= 0.3 is 5.97 Å². The molecule has 0 fully saturated rings. The fraction of sp³-hybridized carbons (Fsp3) is 0.615. The van der Waals surface area contributed by atoms with Crippen LogP contribution < -0.4 is 0 Å². The summed E-state index contributed by atoms with van der Waals surface area (Å²) >= 11 is 0. The van der Waals surface area contributed by atoms with E-state index in [0.717, 1.165) is 19.3 Å². The summed E-state index contributed by atoms with van der Waals surface area (Å²) in [4.78, 5) is 11.1. The van der Waals surface area contributed by atoms with Crippen LogP contribution in [0, 0.1) is 0 Å². The minimum Gasteiger partial charge on any atom is -0.463 e. The Bertz CT molecular complexity index is 205. The molecule has 15 heavy (non-hydrogen) atoms. The average Bonchev–Trinajstić information content (AvgIpc) is 2.23. The molecule has 0 unspecified atom stereocenters. The lowest BCUT2D eigenvalue weighted by Gasteiger charge is -1.97. The van der Waals surface area contributed by atoms with Gasteiger partial charge in [-0.2, -0.15) is 0 Å². The molecule has 0 spiro atoms. The lowest BCUT2D eigenvalue weighted by molar-refractivity contribution is -0.137. The van der Waals surface area contributed by atoms with Gasteiger partial charge in [0.2, 0.25) is 0 Å². The highest BCUT2D eigenvalue weighted by Gasteiger charge is 1.93. The number of carbonyl (C=O) groups excluding carboxylic acids is 1. The second kappa shape index (κ2) is 11.0. The van der Waals surface area contributed by atoms with Gasteiger partial charge in [0.05, 0.1) is 6.61 Å². The molecule has 0 N–H and O–H groups in total. The normalized spacial score (nSPS) is 11.3. The van der Waals surface area contributed by atoms with Crippen molar-refractivity contribution in [1.82, 2.24) is 0 Å². The van der Waals surface area contributed by atoms with Gasteiger partial charge in [-0.1, -0.05) is 51.3 Å². The molecule has 0 rings (SSSR count). The molecule has 0 saturated carbocycles. The van der Waals surface area contributed by atoms with Gasteiger partial charge in [0.1, 0.15) is 0 Å². The average molecular weight is 210 g/mol. The molecule has 2 nitrogen and oxygen atoms in total. The van der Waals surface area contributed by atoms with Crippen LogP contribution in [0.5, 0.6) is 0 Å². The first-order chi connectivity index (χ1) is 7.31. The molecule has 0 aliphatic heterocycles. The highest BCUT2D eigenvalue weighted by molar-refractivity contribution is 5.82. The molecule has 0 radical (unpaired) electrons. The van der Waals surface area contributed by atoms with Crippen LogP contribution >= 0.6 is 0 Å². The Morgan fingerprint density at radius 1 is 1.13 bits per heavy atom. The van der Waals surface area contributed by atoms with Crippen molar-refractivity contribution in [3.8, 4) is 0 Å². The molecule has 0 aromatic heterocycles. The fourth-order valence-corrected chi connectivity index (χ4v) is 0.996. The summed E-state index contributed by atoms with van der Waals surface area (Å²) < 4.78 is 4.95. The molecule has 0 aromatic carbocycles. The van der Waals surface area contributed by atoms with Crippen LogP contribution in [0.4, 0.5) is 0 Å². The summed E-state index contributed by atoms with van der Waals surface area (Å²) in [7, 11) is 0. The maximum absolute atomic E-state index is 11.1. The number of ether oxygens (including phenoxy) is 1. The Balaban J connectivity index is 3.49. The minimum absolute atomic E-state index is 0.247. The Labute approximate surface area is 93.0 Å². The summed E-state index contributed by atoms with van der Waals surface area (Å²) in [5.41, 5.74) is 0. The van der Waals surface area contributed by atoms with Gasteiger partial charge in [0.15, 0.2) is 0 Å². The maximum atomic E-state index is 11.1. The minimum atomic E-state index is -0.247. The quantitative estimate of drug-likeness (QED) is 0.265. The van der Waals surface area contributed by atoms with Crippen molar-refractivity contribution in [2.24, 2.45) is 0 Å². The molecule has 0 atom stereocenters. The lowest BCUT2D eigenvalue weighted by Crippen LogP contribution is -2.01. The molecule has 0 saturated heterocycles. The molecule has 0 aliphatic carbocycles. The van der Waals surface area contributed by atoms with Crippen LogP contribution in [0.25, 0.3) is 0 Å². The SMILES string of the molecule is CCCC/C=C/C=C/C(=O)OCCCC. The Kier molecular flexibility index (Phi) is 10.3. The van der Waals surface area contributed by atoms with Gasteiger partial charge in [-0.15, -0.1) is 0 Å². The molecule has 0 amide bonds. The number of rotatable bonds is 8. The summed E-state index contributed by atoms with van der Waals surface area (Å²) in [6.07, 6.45) is 12.6. The monoisotopic (exact) mass is 210 g/mol. The number of esters is 1. The third kappa shape index (κ3) is 10.9. The van der Waals surface area contributed by atoms with Crippen molar-refractivity contribution >= 4 is 5.97 Å². The zero-order chi connectivity index (χ0) is 11.4. The van der Waals surface area contributed by atoms with Crippen LogP contribution in [-0.4, -0.2) is 12.6 Å². The fourth-order valence-electron chi connectivity index (χ4n) is 0.996. The summed E-state index contributed by atoms with van der Waals surface area (Å²) in [6, 6.07) is 0. The van der Waals surface area contributed by atoms with Crippen molar-refractivity contribution in [1.29, 1.82) is 0 Å². The van der Waals surface area contributed by atoms with Crippen molar-refractivity contribution in [2.75, 3.05) is 6.61 Å². The van der Waals surface area contributed by atoms with Crippen LogP contribution in [0.2, 0.25) is 0 Å². The molecular formula is C13H22O2. The zero-order valence-electron chi connectivity index (χ0n) is 9.87. The molecule has 86 valence electrons. The number of allylic oxidation sites excluding steroid dienone is 3. The zero-order valence-corrected chi connectivity index (χ0v) is 9.87. The Hall–Kier alpha value is -1.05. The number of carbonyl (C=O) groups is 1. The largest absolute Gasteiger partial charge is 0.463 e. The molecular weight excluding hydrogens is 188 g/mol. The predicted octanol–water partition coefficient (Wildman–Crippen LogP) is 3.63. The van der Waals surface area contributed by atoms with Crippen molar-refractivity contribution in [2.45, 2.75) is 46.0 Å². The van der Waals surface area contributed by atoms with E-state index in [4.69, 9.17) is 4.74 Å². The molecule has 0 bridgehead atoms. The van der Waals surface area contributed by atoms with Gasteiger partial charge in [0, 0.05) is 6.08 Å². The van der Waals surface area contributed by atoms with Crippen molar-refractivity contribution < 1.29 is 9.53 Å². The van der Waals surface area contributed by atoms with E-state index in [-0.39, 0.29) is 5.97 Å². The Morgan fingerprint density at radius 2 is 1.87 bits per heavy atom. The topological polar surface area (TPSA) is 26.3 Å². The standard InChI is InChI=1S/C13H22O2/c1-3-5-7-8-9-10-11-13(14)15-12-6-4-2/h8-11H,3-7,12H2,1-2H3/b9-8+,11-10+. The molecule has 0 aromatic rings. The van der Waals surface area contributed by atoms with E-state index in [1.807, 2.05) is 6.08 Å². The predicted molar refractivity (Wildman–Crippen MR) is 63.7 cm³/mol. The Morgan fingerprint density at radius 3 is 2.53 bits per heavy atom.